The van der Waals surface area contributed by atoms with Crippen LogP contribution in [0.5, 0.6) is 0 Å². The molecule has 5 heteroatoms. The highest BCUT2D eigenvalue weighted by atomic mass is 16.5. The molecular weight excluding hydrogens is 294 g/mol. The summed E-state index contributed by atoms with van der Waals surface area (Å²) in [4.78, 5) is 35.3. The van der Waals surface area contributed by atoms with E-state index in [1.54, 1.807) is 24.3 Å². The molecule has 0 aromatic heterocycles. The Labute approximate surface area is 135 Å². The van der Waals surface area contributed by atoms with Crippen molar-refractivity contribution in [2.75, 3.05) is 0 Å². The average Bonchev–Trinajstić information content (AvgIpc) is 2.52. The first kappa shape index (κ1) is 15.7. The summed E-state index contributed by atoms with van der Waals surface area (Å²) in [7, 11) is 0. The van der Waals surface area contributed by atoms with Crippen LogP contribution in [-0.4, -0.2) is 17.7 Å². The summed E-state index contributed by atoms with van der Waals surface area (Å²) in [5, 5.41) is 0. The Morgan fingerprint density at radius 3 is 2.26 bits per heavy atom. The summed E-state index contributed by atoms with van der Waals surface area (Å²) in [6.45, 7) is 0.178. The standard InChI is InChI=1S/C18H21NO4/c19-17(21)12-6-4-11(5-7-12)10-23-18(22)15-8-13-2-1-3-14(9-15)16(13)20/h4-7,13-15H,1-3,8-10H2,(H2,19,21). The molecule has 23 heavy (non-hydrogen) atoms. The van der Waals surface area contributed by atoms with Crippen LogP contribution in [0.25, 0.3) is 0 Å². The van der Waals surface area contributed by atoms with E-state index < -0.39 is 5.91 Å². The maximum absolute atomic E-state index is 12.3. The number of carbonyl (C=O) groups excluding carboxylic acids is 3. The fourth-order valence-corrected chi connectivity index (χ4v) is 3.71. The molecule has 1 aromatic rings. The minimum absolute atomic E-state index is 0.0508. The Kier molecular flexibility index (Phi) is 4.46. The predicted molar refractivity (Wildman–Crippen MR) is 83.3 cm³/mol. The van der Waals surface area contributed by atoms with Gasteiger partial charge in [0, 0.05) is 17.4 Å². The zero-order chi connectivity index (χ0) is 16.4. The van der Waals surface area contributed by atoms with Gasteiger partial charge in [-0.1, -0.05) is 18.6 Å². The van der Waals surface area contributed by atoms with Gasteiger partial charge in [-0.15, -0.1) is 0 Å². The molecule has 3 rings (SSSR count). The van der Waals surface area contributed by atoms with E-state index in [1.165, 1.54) is 0 Å². The van der Waals surface area contributed by atoms with Crippen LogP contribution in [0.1, 0.15) is 48.0 Å². The van der Waals surface area contributed by atoms with Crippen LogP contribution in [0.15, 0.2) is 24.3 Å². The largest absolute Gasteiger partial charge is 0.461 e. The number of Topliss-reactive ketones (excluding diaryl/α,β-unsaturated/α-hetero) is 1. The molecule has 0 aliphatic heterocycles. The minimum Gasteiger partial charge on any atom is -0.461 e. The first-order chi connectivity index (χ1) is 11.0. The van der Waals surface area contributed by atoms with Crippen molar-refractivity contribution in [2.45, 2.75) is 38.7 Å². The van der Waals surface area contributed by atoms with Crippen LogP contribution >= 0.6 is 0 Å². The van der Waals surface area contributed by atoms with Crippen LogP contribution < -0.4 is 5.73 Å². The number of primary amides is 1. The molecule has 1 aromatic carbocycles. The first-order valence-corrected chi connectivity index (χ1v) is 8.13. The number of carbonyl (C=O) groups is 3. The quantitative estimate of drug-likeness (QED) is 0.863. The summed E-state index contributed by atoms with van der Waals surface area (Å²) >= 11 is 0. The van der Waals surface area contributed by atoms with Crippen molar-refractivity contribution >= 4 is 17.7 Å². The van der Waals surface area contributed by atoms with Crippen LogP contribution in [0.4, 0.5) is 0 Å². The molecule has 5 nitrogen and oxygen atoms in total. The fraction of sp³-hybridized carbons (Fsp3) is 0.500. The molecular formula is C18H21NO4. The van der Waals surface area contributed by atoms with Gasteiger partial charge in [0.05, 0.1) is 5.92 Å². The Morgan fingerprint density at radius 1 is 1.09 bits per heavy atom. The molecule has 0 radical (unpaired) electrons. The lowest BCUT2D eigenvalue weighted by molar-refractivity contribution is -0.154. The van der Waals surface area contributed by atoms with E-state index in [-0.39, 0.29) is 30.3 Å². The smallest absolute Gasteiger partial charge is 0.309 e. The van der Waals surface area contributed by atoms with E-state index in [0.29, 0.717) is 24.2 Å². The normalized spacial score (nSPS) is 26.6. The number of hydrogen-bond acceptors (Lipinski definition) is 4. The highest BCUT2D eigenvalue weighted by Gasteiger charge is 2.41. The molecule has 2 aliphatic carbocycles. The Morgan fingerprint density at radius 2 is 1.70 bits per heavy atom. The second-order valence-electron chi connectivity index (χ2n) is 6.56. The molecule has 0 spiro atoms. The number of ketones is 1. The third-order valence-electron chi connectivity index (χ3n) is 5.00. The maximum atomic E-state index is 12.3. The molecule has 122 valence electrons. The average molecular weight is 315 g/mol. The number of nitrogens with two attached hydrogens (primary N) is 1. The monoisotopic (exact) mass is 315 g/mol. The minimum atomic E-state index is -0.480. The van der Waals surface area contributed by atoms with Crippen LogP contribution in [0.3, 0.4) is 0 Å². The molecule has 2 fully saturated rings. The highest BCUT2D eigenvalue weighted by molar-refractivity contribution is 5.92. The molecule has 2 bridgehead atoms. The van der Waals surface area contributed by atoms with Gasteiger partial charge in [0.25, 0.3) is 0 Å². The molecule has 1 amide bonds. The van der Waals surface area contributed by atoms with Gasteiger partial charge in [-0.25, -0.2) is 0 Å². The molecule has 0 saturated heterocycles. The predicted octanol–water partition coefficient (Wildman–Crippen LogP) is 2.22. The van der Waals surface area contributed by atoms with Gasteiger partial charge in [0.1, 0.15) is 12.4 Å². The van der Waals surface area contributed by atoms with Gasteiger partial charge >= 0.3 is 5.97 Å². The first-order valence-electron chi connectivity index (χ1n) is 8.13. The third-order valence-corrected chi connectivity index (χ3v) is 5.00. The molecule has 0 heterocycles. The SMILES string of the molecule is NC(=O)c1ccc(COC(=O)C2CC3CCCC(C2)C3=O)cc1. The van der Waals surface area contributed by atoms with Crippen molar-refractivity contribution in [2.24, 2.45) is 23.5 Å². The molecule has 2 saturated carbocycles. The van der Waals surface area contributed by atoms with Crippen LogP contribution in [0.2, 0.25) is 0 Å². The molecule has 2 aliphatic rings. The number of benzene rings is 1. The second-order valence-corrected chi connectivity index (χ2v) is 6.56. The number of amides is 1. The zero-order valence-electron chi connectivity index (χ0n) is 13.0. The number of rotatable bonds is 4. The maximum Gasteiger partial charge on any atom is 0.309 e. The van der Waals surface area contributed by atoms with E-state index >= 15 is 0 Å². The number of esters is 1. The summed E-state index contributed by atoms with van der Waals surface area (Å²) < 4.78 is 5.40. The second kappa shape index (κ2) is 6.52. The van der Waals surface area contributed by atoms with E-state index in [9.17, 15) is 14.4 Å². The lowest BCUT2D eigenvalue weighted by atomic mass is 9.67. The van der Waals surface area contributed by atoms with Crippen LogP contribution in [0, 0.1) is 17.8 Å². The number of fused-ring (bicyclic) bond motifs is 2. The van der Waals surface area contributed by atoms with Gasteiger partial charge in [0.2, 0.25) is 5.91 Å². The van der Waals surface area contributed by atoms with E-state index in [2.05, 4.69) is 0 Å². The van der Waals surface area contributed by atoms with E-state index in [0.717, 1.165) is 24.8 Å². The van der Waals surface area contributed by atoms with Crippen molar-refractivity contribution in [1.82, 2.24) is 0 Å². The Hall–Kier alpha value is -2.17. The summed E-state index contributed by atoms with van der Waals surface area (Å²) in [5.74, 6) is -0.402. The van der Waals surface area contributed by atoms with Crippen molar-refractivity contribution in [3.8, 4) is 0 Å². The van der Waals surface area contributed by atoms with Crippen LogP contribution in [-0.2, 0) is 20.9 Å². The van der Waals surface area contributed by atoms with Crippen molar-refractivity contribution in [3.63, 3.8) is 0 Å². The van der Waals surface area contributed by atoms with Crippen molar-refractivity contribution in [3.05, 3.63) is 35.4 Å². The number of ether oxygens (including phenoxy) is 1. The van der Waals surface area contributed by atoms with Gasteiger partial charge in [-0.05, 0) is 43.4 Å². The van der Waals surface area contributed by atoms with E-state index in [4.69, 9.17) is 10.5 Å². The van der Waals surface area contributed by atoms with E-state index in [1.807, 2.05) is 0 Å². The fourth-order valence-electron chi connectivity index (χ4n) is 3.71. The molecule has 2 N–H and O–H groups in total. The third kappa shape index (κ3) is 3.44. The Balaban J connectivity index is 1.55. The summed E-state index contributed by atoms with van der Waals surface area (Å²) in [6.07, 6.45) is 4.18. The van der Waals surface area contributed by atoms with Gasteiger partial charge in [0.15, 0.2) is 0 Å². The Bertz CT molecular complexity index is 606. The summed E-state index contributed by atoms with van der Waals surface area (Å²) in [5.41, 5.74) is 6.43. The number of hydrogen-bond donors (Lipinski definition) is 1. The topological polar surface area (TPSA) is 86.5 Å². The molecule has 2 unspecified atom stereocenters. The lowest BCUT2D eigenvalue weighted by Crippen LogP contribution is -2.39. The lowest BCUT2D eigenvalue weighted by Gasteiger charge is -2.36. The summed E-state index contributed by atoms with van der Waals surface area (Å²) in [6, 6.07) is 6.70. The van der Waals surface area contributed by atoms with Crippen molar-refractivity contribution in [1.29, 1.82) is 0 Å². The van der Waals surface area contributed by atoms with Gasteiger partial charge < -0.3 is 10.5 Å². The highest BCUT2D eigenvalue weighted by Crippen LogP contribution is 2.40. The zero-order valence-corrected chi connectivity index (χ0v) is 13.0. The van der Waals surface area contributed by atoms with Gasteiger partial charge in [-0.3, -0.25) is 14.4 Å². The van der Waals surface area contributed by atoms with Gasteiger partial charge in [-0.2, -0.15) is 0 Å². The molecule has 2 atom stereocenters. The van der Waals surface area contributed by atoms with Crippen molar-refractivity contribution < 1.29 is 19.1 Å².